The number of aryl methyl sites for hydroxylation is 1. The monoisotopic (exact) mass is 443 g/mol. The van der Waals surface area contributed by atoms with Crippen LogP contribution in [-0.2, 0) is 16.4 Å². The Morgan fingerprint density at radius 3 is 2.53 bits per heavy atom. The summed E-state index contributed by atoms with van der Waals surface area (Å²) in [6.45, 7) is 3.09. The summed E-state index contributed by atoms with van der Waals surface area (Å²) >= 11 is 1.55. The number of anilines is 1. The third kappa shape index (κ3) is 4.20. The normalized spacial score (nSPS) is 13.1. The molecule has 1 aliphatic heterocycles. The van der Waals surface area contributed by atoms with E-state index in [0.717, 1.165) is 11.1 Å². The lowest BCUT2D eigenvalue weighted by Crippen LogP contribution is -2.31. The van der Waals surface area contributed by atoms with E-state index in [0.29, 0.717) is 48.1 Å². The Labute approximate surface area is 179 Å². The molecule has 0 spiro atoms. The highest BCUT2D eigenvalue weighted by Gasteiger charge is 2.24. The van der Waals surface area contributed by atoms with Crippen LogP contribution in [0, 0.1) is 6.92 Å². The highest BCUT2D eigenvalue weighted by molar-refractivity contribution is 7.90. The van der Waals surface area contributed by atoms with E-state index >= 15 is 0 Å². The number of hydrogen-bond donors (Lipinski definition) is 0. The van der Waals surface area contributed by atoms with Gasteiger partial charge in [-0.15, -0.1) is 11.3 Å². The summed E-state index contributed by atoms with van der Waals surface area (Å²) in [5, 5.41) is 1.96. The second-order valence-electron chi connectivity index (χ2n) is 7.05. The van der Waals surface area contributed by atoms with Crippen molar-refractivity contribution in [2.45, 2.75) is 18.4 Å². The summed E-state index contributed by atoms with van der Waals surface area (Å²) in [6, 6.07) is 13.9. The highest BCUT2D eigenvalue weighted by Crippen LogP contribution is 2.35. The molecule has 0 saturated carbocycles. The smallest absolute Gasteiger partial charge is 0.258 e. The van der Waals surface area contributed by atoms with Crippen LogP contribution in [0.25, 0.3) is 0 Å². The molecule has 4 rings (SSSR count). The second kappa shape index (κ2) is 8.12. The van der Waals surface area contributed by atoms with Gasteiger partial charge >= 0.3 is 0 Å². The van der Waals surface area contributed by atoms with E-state index in [1.807, 2.05) is 23.6 Å². The fourth-order valence-electron chi connectivity index (χ4n) is 3.25. The maximum absolute atomic E-state index is 13.6. The van der Waals surface area contributed by atoms with Crippen LogP contribution < -0.4 is 14.4 Å². The molecule has 2 heterocycles. The van der Waals surface area contributed by atoms with Gasteiger partial charge in [-0.05, 0) is 48.2 Å². The molecule has 0 bridgehead atoms. The fourth-order valence-corrected chi connectivity index (χ4v) is 4.59. The first kappa shape index (κ1) is 20.4. The first-order chi connectivity index (χ1) is 14.3. The zero-order chi connectivity index (χ0) is 21.3. The zero-order valence-corrected chi connectivity index (χ0v) is 18.3. The number of fused-ring (bicyclic) bond motifs is 1. The van der Waals surface area contributed by atoms with Crippen LogP contribution in [0.3, 0.4) is 0 Å². The fraction of sp³-hybridized carbons (Fsp3) is 0.227. The third-order valence-electron chi connectivity index (χ3n) is 4.84. The first-order valence-electron chi connectivity index (χ1n) is 9.37. The second-order valence-corrected chi connectivity index (χ2v) is 10.1. The van der Waals surface area contributed by atoms with Crippen LogP contribution in [0.2, 0.25) is 0 Å². The molecule has 0 radical (unpaired) electrons. The number of benzene rings is 2. The molecule has 6 nitrogen and oxygen atoms in total. The van der Waals surface area contributed by atoms with Crippen molar-refractivity contribution in [2.75, 3.05) is 24.4 Å². The van der Waals surface area contributed by atoms with E-state index in [-0.39, 0.29) is 10.8 Å². The van der Waals surface area contributed by atoms with E-state index in [2.05, 4.69) is 0 Å². The quantitative estimate of drug-likeness (QED) is 0.594. The van der Waals surface area contributed by atoms with Crippen molar-refractivity contribution >= 4 is 32.8 Å². The molecule has 0 unspecified atom stereocenters. The Morgan fingerprint density at radius 2 is 1.83 bits per heavy atom. The van der Waals surface area contributed by atoms with Crippen LogP contribution in [0.4, 0.5) is 5.69 Å². The minimum Gasteiger partial charge on any atom is -0.486 e. The maximum atomic E-state index is 13.6. The molecule has 0 aliphatic carbocycles. The number of rotatable bonds is 5. The maximum Gasteiger partial charge on any atom is 0.258 e. The van der Waals surface area contributed by atoms with Crippen molar-refractivity contribution < 1.29 is 22.7 Å². The lowest BCUT2D eigenvalue weighted by Gasteiger charge is -2.26. The van der Waals surface area contributed by atoms with Crippen LogP contribution in [0.15, 0.2) is 58.8 Å². The van der Waals surface area contributed by atoms with Gasteiger partial charge in [0, 0.05) is 28.5 Å². The van der Waals surface area contributed by atoms with Gasteiger partial charge in [-0.1, -0.05) is 12.1 Å². The molecule has 1 aliphatic rings. The summed E-state index contributed by atoms with van der Waals surface area (Å²) < 4.78 is 35.3. The number of ether oxygens (including phenoxy) is 2. The first-order valence-corrected chi connectivity index (χ1v) is 12.1. The highest BCUT2D eigenvalue weighted by atomic mass is 32.2. The molecule has 1 amide bonds. The van der Waals surface area contributed by atoms with Crippen LogP contribution in [0.5, 0.6) is 11.5 Å². The Kier molecular flexibility index (Phi) is 5.53. The van der Waals surface area contributed by atoms with Crippen LogP contribution in [-0.4, -0.2) is 33.8 Å². The average molecular weight is 444 g/mol. The summed E-state index contributed by atoms with van der Waals surface area (Å²) in [7, 11) is -3.43. The summed E-state index contributed by atoms with van der Waals surface area (Å²) in [4.78, 5) is 16.4. The number of carbonyl (C=O) groups is 1. The van der Waals surface area contributed by atoms with Crippen molar-refractivity contribution in [2.24, 2.45) is 0 Å². The summed E-state index contributed by atoms with van der Waals surface area (Å²) in [6.07, 6.45) is 1.14. The van der Waals surface area contributed by atoms with Crippen molar-refractivity contribution in [1.82, 2.24) is 0 Å². The number of carbonyl (C=O) groups excluding carboxylic acids is 1. The van der Waals surface area contributed by atoms with Gasteiger partial charge in [0.15, 0.2) is 21.3 Å². The van der Waals surface area contributed by atoms with Crippen molar-refractivity contribution in [1.29, 1.82) is 0 Å². The minimum absolute atomic E-state index is 0.120. The average Bonchev–Trinajstić information content (AvgIpc) is 3.24. The van der Waals surface area contributed by atoms with Gasteiger partial charge in [0.2, 0.25) is 0 Å². The standard InChI is InChI=1S/C22H21NO5S2/c1-15-5-7-18(30(2,25)26)13-19(15)22(24)23(14-17-4-3-11-29-17)16-6-8-20-21(12-16)28-10-9-27-20/h3-8,11-13H,9-10,14H2,1-2H3. The Hall–Kier alpha value is -2.84. The van der Waals surface area contributed by atoms with Crippen molar-refractivity contribution in [3.63, 3.8) is 0 Å². The predicted octanol–water partition coefficient (Wildman–Crippen LogP) is 4.08. The summed E-state index contributed by atoms with van der Waals surface area (Å²) in [5.41, 5.74) is 1.72. The molecule has 0 atom stereocenters. The van der Waals surface area contributed by atoms with Gasteiger partial charge in [0.05, 0.1) is 11.4 Å². The molecule has 3 aromatic rings. The van der Waals surface area contributed by atoms with E-state index < -0.39 is 9.84 Å². The van der Waals surface area contributed by atoms with Crippen LogP contribution in [0.1, 0.15) is 20.8 Å². The molecular formula is C22H21NO5S2. The Balaban J connectivity index is 1.78. The van der Waals surface area contributed by atoms with E-state index in [1.54, 1.807) is 41.4 Å². The summed E-state index contributed by atoms with van der Waals surface area (Å²) in [5.74, 6) is 0.955. The van der Waals surface area contributed by atoms with Crippen molar-refractivity contribution in [3.8, 4) is 11.5 Å². The number of thiophene rings is 1. The minimum atomic E-state index is -3.43. The number of hydrogen-bond acceptors (Lipinski definition) is 6. The third-order valence-corrected chi connectivity index (χ3v) is 6.82. The predicted molar refractivity (Wildman–Crippen MR) is 117 cm³/mol. The van der Waals surface area contributed by atoms with Gasteiger partial charge in [-0.2, -0.15) is 0 Å². The van der Waals surface area contributed by atoms with Crippen LogP contribution >= 0.6 is 11.3 Å². The van der Waals surface area contributed by atoms with E-state index in [1.165, 1.54) is 12.1 Å². The zero-order valence-electron chi connectivity index (χ0n) is 16.6. The van der Waals surface area contributed by atoms with Gasteiger partial charge in [0.1, 0.15) is 13.2 Å². The van der Waals surface area contributed by atoms with E-state index in [4.69, 9.17) is 9.47 Å². The molecule has 1 aromatic heterocycles. The lowest BCUT2D eigenvalue weighted by atomic mass is 10.1. The molecular weight excluding hydrogens is 422 g/mol. The molecule has 0 N–H and O–H groups in total. The van der Waals surface area contributed by atoms with E-state index in [9.17, 15) is 13.2 Å². The van der Waals surface area contributed by atoms with Gasteiger partial charge in [0.25, 0.3) is 5.91 Å². The molecule has 2 aromatic carbocycles. The lowest BCUT2D eigenvalue weighted by molar-refractivity contribution is 0.0984. The number of nitrogens with zero attached hydrogens (tertiary/aromatic N) is 1. The van der Waals surface area contributed by atoms with Gasteiger partial charge in [-0.25, -0.2) is 8.42 Å². The molecule has 156 valence electrons. The topological polar surface area (TPSA) is 72.9 Å². The number of sulfone groups is 1. The number of amides is 1. The van der Waals surface area contributed by atoms with Gasteiger partial charge < -0.3 is 14.4 Å². The Bertz CT molecular complexity index is 1190. The SMILES string of the molecule is Cc1ccc(S(C)(=O)=O)cc1C(=O)N(Cc1cccs1)c1ccc2c(c1)OCCO2. The Morgan fingerprint density at radius 1 is 1.07 bits per heavy atom. The van der Waals surface area contributed by atoms with Crippen molar-refractivity contribution in [3.05, 3.63) is 69.9 Å². The molecule has 30 heavy (non-hydrogen) atoms. The van der Waals surface area contributed by atoms with Gasteiger partial charge in [-0.3, -0.25) is 4.79 Å². The molecule has 0 saturated heterocycles. The largest absolute Gasteiger partial charge is 0.486 e. The molecule has 8 heteroatoms. The molecule has 0 fully saturated rings.